The number of hydrogen-bond acceptors (Lipinski definition) is 2. The molecule has 2 nitrogen and oxygen atoms in total. The lowest BCUT2D eigenvalue weighted by Crippen LogP contribution is -2.37. The topological polar surface area (TPSA) is 15.3 Å². The molecule has 1 atom stereocenters. The molecule has 3 heteroatoms. The summed E-state index contributed by atoms with van der Waals surface area (Å²) in [6.07, 6.45) is 3.89. The van der Waals surface area contributed by atoms with Crippen LogP contribution in [0.3, 0.4) is 0 Å². The van der Waals surface area contributed by atoms with E-state index in [1.165, 1.54) is 19.4 Å². The van der Waals surface area contributed by atoms with Crippen LogP contribution in [0, 0.1) is 11.7 Å². The summed E-state index contributed by atoms with van der Waals surface area (Å²) in [7, 11) is 0. The molecule has 1 saturated carbocycles. The third kappa shape index (κ3) is 4.57. The first-order chi connectivity index (χ1) is 9.74. The zero-order chi connectivity index (χ0) is 14.4. The van der Waals surface area contributed by atoms with Gasteiger partial charge in [-0.3, -0.25) is 0 Å². The highest BCUT2D eigenvalue weighted by Crippen LogP contribution is 2.30. The molecule has 1 aromatic rings. The van der Waals surface area contributed by atoms with Crippen molar-refractivity contribution in [3.8, 4) is 0 Å². The number of nitrogens with one attached hydrogen (secondary N) is 1. The number of benzene rings is 1. The van der Waals surface area contributed by atoms with Crippen LogP contribution in [0.2, 0.25) is 0 Å². The molecule has 0 aliphatic heterocycles. The Morgan fingerprint density at radius 3 is 2.65 bits per heavy atom. The second kappa shape index (κ2) is 7.75. The van der Waals surface area contributed by atoms with Gasteiger partial charge in [-0.25, -0.2) is 4.39 Å². The van der Waals surface area contributed by atoms with E-state index in [2.05, 4.69) is 24.1 Å². The molecule has 1 aliphatic carbocycles. The summed E-state index contributed by atoms with van der Waals surface area (Å²) in [6.45, 7) is 8.34. The van der Waals surface area contributed by atoms with Crippen molar-refractivity contribution in [3.63, 3.8) is 0 Å². The molecule has 1 aromatic carbocycles. The normalized spacial score (nSPS) is 16.6. The Labute approximate surface area is 122 Å². The first kappa shape index (κ1) is 15.5. The van der Waals surface area contributed by atoms with Gasteiger partial charge in [0, 0.05) is 24.7 Å². The molecule has 1 fully saturated rings. The van der Waals surface area contributed by atoms with Crippen LogP contribution in [0.1, 0.15) is 44.7 Å². The molecule has 0 radical (unpaired) electrons. The van der Waals surface area contributed by atoms with Gasteiger partial charge >= 0.3 is 0 Å². The number of likely N-dealkylation sites (N-methyl/N-ethyl adjacent to an activating group) is 1. The maximum atomic E-state index is 14.0. The van der Waals surface area contributed by atoms with Crippen LogP contribution in [0.15, 0.2) is 24.3 Å². The third-order valence-electron chi connectivity index (χ3n) is 3.93. The molecule has 20 heavy (non-hydrogen) atoms. The minimum atomic E-state index is -0.0960. The van der Waals surface area contributed by atoms with Gasteiger partial charge in [0.2, 0.25) is 0 Å². The number of halogens is 1. The van der Waals surface area contributed by atoms with Crippen molar-refractivity contribution in [1.29, 1.82) is 0 Å². The first-order valence-corrected chi connectivity index (χ1v) is 7.94. The average molecular weight is 278 g/mol. The van der Waals surface area contributed by atoms with E-state index in [1.54, 1.807) is 12.1 Å². The predicted octanol–water partition coefficient (Wildman–Crippen LogP) is 3.60. The van der Waals surface area contributed by atoms with Gasteiger partial charge in [-0.05, 0) is 44.3 Å². The van der Waals surface area contributed by atoms with E-state index in [1.807, 2.05) is 12.1 Å². The maximum absolute atomic E-state index is 14.0. The van der Waals surface area contributed by atoms with Crippen molar-refractivity contribution < 1.29 is 4.39 Å². The summed E-state index contributed by atoms with van der Waals surface area (Å²) in [5, 5.41) is 3.44. The van der Waals surface area contributed by atoms with Gasteiger partial charge in [-0.1, -0.05) is 32.0 Å². The van der Waals surface area contributed by atoms with Gasteiger partial charge in [0.1, 0.15) is 5.82 Å². The highest BCUT2D eigenvalue weighted by molar-refractivity contribution is 5.21. The van der Waals surface area contributed by atoms with Gasteiger partial charge in [0.25, 0.3) is 0 Å². The summed E-state index contributed by atoms with van der Waals surface area (Å²) >= 11 is 0. The van der Waals surface area contributed by atoms with Gasteiger partial charge in [-0.2, -0.15) is 0 Å². The molecule has 0 heterocycles. The van der Waals surface area contributed by atoms with Crippen molar-refractivity contribution in [2.75, 3.05) is 26.2 Å². The van der Waals surface area contributed by atoms with Crippen molar-refractivity contribution in [1.82, 2.24) is 10.2 Å². The standard InChI is InChI=1S/C17H27FN2/c1-3-11-20(12-14-9-10-14)13-17(19-4-2)15-7-5-6-8-16(15)18/h5-8,14,17,19H,3-4,9-13H2,1-2H3. The van der Waals surface area contributed by atoms with Crippen LogP contribution < -0.4 is 5.32 Å². The summed E-state index contributed by atoms with van der Waals surface area (Å²) in [5.41, 5.74) is 0.797. The van der Waals surface area contributed by atoms with Gasteiger partial charge < -0.3 is 10.2 Å². The quantitative estimate of drug-likeness (QED) is 0.742. The van der Waals surface area contributed by atoms with E-state index in [0.717, 1.165) is 37.5 Å². The highest BCUT2D eigenvalue weighted by atomic mass is 19.1. The molecule has 1 unspecified atom stereocenters. The Hall–Kier alpha value is -0.930. The Balaban J connectivity index is 2.04. The zero-order valence-corrected chi connectivity index (χ0v) is 12.7. The molecular weight excluding hydrogens is 251 g/mol. The van der Waals surface area contributed by atoms with Crippen LogP contribution in [0.4, 0.5) is 4.39 Å². The van der Waals surface area contributed by atoms with Crippen LogP contribution in [-0.4, -0.2) is 31.1 Å². The fraction of sp³-hybridized carbons (Fsp3) is 0.647. The maximum Gasteiger partial charge on any atom is 0.128 e. The first-order valence-electron chi connectivity index (χ1n) is 7.94. The Kier molecular flexibility index (Phi) is 5.99. The highest BCUT2D eigenvalue weighted by Gasteiger charge is 2.26. The van der Waals surface area contributed by atoms with Crippen molar-refractivity contribution in [3.05, 3.63) is 35.6 Å². The van der Waals surface area contributed by atoms with Crippen LogP contribution in [-0.2, 0) is 0 Å². The van der Waals surface area contributed by atoms with Gasteiger partial charge in [0.05, 0.1) is 0 Å². The molecule has 112 valence electrons. The van der Waals surface area contributed by atoms with Crippen molar-refractivity contribution in [2.24, 2.45) is 5.92 Å². The van der Waals surface area contributed by atoms with Crippen LogP contribution in [0.5, 0.6) is 0 Å². The van der Waals surface area contributed by atoms with E-state index in [9.17, 15) is 4.39 Å². The lowest BCUT2D eigenvalue weighted by Gasteiger charge is -2.28. The summed E-state index contributed by atoms with van der Waals surface area (Å²) in [4.78, 5) is 2.50. The summed E-state index contributed by atoms with van der Waals surface area (Å²) in [5.74, 6) is 0.783. The molecular formula is C17H27FN2. The fourth-order valence-electron chi connectivity index (χ4n) is 2.77. The lowest BCUT2D eigenvalue weighted by atomic mass is 10.1. The lowest BCUT2D eigenvalue weighted by molar-refractivity contribution is 0.233. The summed E-state index contributed by atoms with van der Waals surface area (Å²) in [6, 6.07) is 7.24. The van der Waals surface area contributed by atoms with E-state index in [0.29, 0.717) is 0 Å². The smallest absolute Gasteiger partial charge is 0.128 e. The number of hydrogen-bond donors (Lipinski definition) is 1. The molecule has 0 saturated heterocycles. The van der Waals surface area contributed by atoms with E-state index >= 15 is 0 Å². The van der Waals surface area contributed by atoms with E-state index in [4.69, 9.17) is 0 Å². The Bertz CT molecular complexity index is 404. The second-order valence-electron chi connectivity index (χ2n) is 5.83. The third-order valence-corrected chi connectivity index (χ3v) is 3.93. The second-order valence-corrected chi connectivity index (χ2v) is 5.83. The average Bonchev–Trinajstić information content (AvgIpc) is 3.23. The Morgan fingerprint density at radius 2 is 2.05 bits per heavy atom. The summed E-state index contributed by atoms with van der Waals surface area (Å²) < 4.78 is 14.0. The fourth-order valence-corrected chi connectivity index (χ4v) is 2.77. The number of nitrogens with zero attached hydrogens (tertiary/aromatic N) is 1. The zero-order valence-electron chi connectivity index (χ0n) is 12.7. The van der Waals surface area contributed by atoms with Crippen LogP contribution in [0.25, 0.3) is 0 Å². The van der Waals surface area contributed by atoms with Crippen LogP contribution >= 0.6 is 0 Å². The molecule has 0 spiro atoms. The predicted molar refractivity (Wildman–Crippen MR) is 82.3 cm³/mol. The van der Waals surface area contributed by atoms with Gasteiger partial charge in [0.15, 0.2) is 0 Å². The minimum Gasteiger partial charge on any atom is -0.309 e. The molecule has 1 aliphatic rings. The largest absolute Gasteiger partial charge is 0.309 e. The van der Waals surface area contributed by atoms with E-state index < -0.39 is 0 Å². The number of rotatable bonds is 9. The van der Waals surface area contributed by atoms with E-state index in [-0.39, 0.29) is 11.9 Å². The molecule has 2 rings (SSSR count). The molecule has 0 bridgehead atoms. The Morgan fingerprint density at radius 1 is 1.30 bits per heavy atom. The molecule has 0 aromatic heterocycles. The molecule has 0 amide bonds. The monoisotopic (exact) mass is 278 g/mol. The van der Waals surface area contributed by atoms with Crippen molar-refractivity contribution in [2.45, 2.75) is 39.2 Å². The minimum absolute atomic E-state index is 0.0894. The van der Waals surface area contributed by atoms with Gasteiger partial charge in [-0.15, -0.1) is 0 Å². The molecule has 1 N–H and O–H groups in total. The van der Waals surface area contributed by atoms with Crippen molar-refractivity contribution >= 4 is 0 Å². The SMILES string of the molecule is CCCN(CC1CC1)CC(NCC)c1ccccc1F.